The van der Waals surface area contributed by atoms with Crippen LogP contribution in [0.3, 0.4) is 0 Å². The monoisotopic (exact) mass is 421 g/mol. The van der Waals surface area contributed by atoms with E-state index in [9.17, 15) is 14.0 Å². The number of para-hydroxylation sites is 1. The van der Waals surface area contributed by atoms with E-state index in [2.05, 4.69) is 15.2 Å². The number of halogens is 1. The van der Waals surface area contributed by atoms with Gasteiger partial charge in [0.05, 0.1) is 23.5 Å². The fraction of sp³-hybridized carbons (Fsp3) is 0.261. The Labute approximate surface area is 179 Å². The number of nitrogens with two attached hydrogens (primary N) is 1. The Morgan fingerprint density at radius 2 is 2.03 bits per heavy atom. The summed E-state index contributed by atoms with van der Waals surface area (Å²) in [4.78, 5) is 30.7. The predicted octanol–water partition coefficient (Wildman–Crippen LogP) is 2.64. The van der Waals surface area contributed by atoms with E-state index in [1.54, 1.807) is 29.4 Å². The van der Waals surface area contributed by atoms with Crippen LogP contribution >= 0.6 is 0 Å². The number of imidazole rings is 1. The topological polar surface area (TPSA) is 93.3 Å². The molecule has 0 aliphatic carbocycles. The summed E-state index contributed by atoms with van der Waals surface area (Å²) < 4.78 is 15.5. The number of rotatable bonds is 6. The van der Waals surface area contributed by atoms with Gasteiger partial charge < -0.3 is 20.5 Å². The van der Waals surface area contributed by atoms with E-state index in [0.29, 0.717) is 12.2 Å². The predicted molar refractivity (Wildman–Crippen MR) is 115 cm³/mol. The molecule has 0 bridgehead atoms. The van der Waals surface area contributed by atoms with Gasteiger partial charge in [-0.3, -0.25) is 9.59 Å². The average molecular weight is 421 g/mol. The van der Waals surface area contributed by atoms with Gasteiger partial charge in [-0.2, -0.15) is 0 Å². The molecule has 1 aromatic heterocycles. The van der Waals surface area contributed by atoms with E-state index in [1.165, 1.54) is 12.1 Å². The van der Waals surface area contributed by atoms with Gasteiger partial charge in [0.2, 0.25) is 5.91 Å². The van der Waals surface area contributed by atoms with Gasteiger partial charge in [-0.1, -0.05) is 18.2 Å². The van der Waals surface area contributed by atoms with Gasteiger partial charge in [0.15, 0.2) is 0 Å². The van der Waals surface area contributed by atoms with Gasteiger partial charge >= 0.3 is 0 Å². The summed E-state index contributed by atoms with van der Waals surface area (Å²) in [6, 6.07) is 11.8. The quantitative estimate of drug-likeness (QED) is 0.640. The Hall–Kier alpha value is -3.68. The Bertz CT molecular complexity index is 1080. The van der Waals surface area contributed by atoms with Crippen LogP contribution in [-0.2, 0) is 11.3 Å². The molecule has 2 heterocycles. The van der Waals surface area contributed by atoms with E-state index in [4.69, 9.17) is 5.73 Å². The molecular weight excluding hydrogens is 397 g/mol. The normalized spacial score (nSPS) is 16.2. The third-order valence-corrected chi connectivity index (χ3v) is 5.58. The minimum absolute atomic E-state index is 0.179. The number of piperidine rings is 1. The van der Waals surface area contributed by atoms with Crippen LogP contribution in [0.2, 0.25) is 0 Å². The molecule has 8 heteroatoms. The van der Waals surface area contributed by atoms with Crippen LogP contribution in [0.1, 0.15) is 28.8 Å². The second-order valence-corrected chi connectivity index (χ2v) is 7.63. The van der Waals surface area contributed by atoms with E-state index >= 15 is 0 Å². The largest absolute Gasteiger partial charge is 0.370 e. The molecule has 1 atom stereocenters. The number of hydrogen-bond acceptors (Lipinski definition) is 4. The number of primary amides is 1. The lowest BCUT2D eigenvalue weighted by Crippen LogP contribution is -2.41. The molecule has 2 amide bonds. The van der Waals surface area contributed by atoms with Crippen molar-refractivity contribution in [2.45, 2.75) is 19.4 Å². The number of anilines is 1. The summed E-state index contributed by atoms with van der Waals surface area (Å²) in [5, 5.41) is 2.90. The van der Waals surface area contributed by atoms with Gasteiger partial charge in [0.1, 0.15) is 5.82 Å². The molecule has 1 aliphatic heterocycles. The van der Waals surface area contributed by atoms with Gasteiger partial charge in [0.25, 0.3) is 5.91 Å². The van der Waals surface area contributed by atoms with Crippen LogP contribution in [0.4, 0.5) is 10.1 Å². The maximum atomic E-state index is 13.9. The summed E-state index contributed by atoms with van der Waals surface area (Å²) in [6.07, 6.45) is 6.53. The summed E-state index contributed by atoms with van der Waals surface area (Å²) >= 11 is 0. The van der Waals surface area contributed by atoms with Gasteiger partial charge in [0, 0.05) is 37.7 Å². The smallest absolute Gasteiger partial charge is 0.253 e. The molecule has 0 radical (unpaired) electrons. The summed E-state index contributed by atoms with van der Waals surface area (Å²) in [5.41, 5.74) is 8.16. The van der Waals surface area contributed by atoms with Crippen LogP contribution in [0.15, 0.2) is 61.2 Å². The Balaban J connectivity index is 1.53. The summed E-state index contributed by atoms with van der Waals surface area (Å²) in [7, 11) is 0. The van der Waals surface area contributed by atoms with Crippen LogP contribution in [0.5, 0.6) is 0 Å². The number of hydrogen-bond donors (Lipinski definition) is 2. The second kappa shape index (κ2) is 8.99. The zero-order valence-corrected chi connectivity index (χ0v) is 17.0. The molecule has 3 aromatic rings. The zero-order valence-electron chi connectivity index (χ0n) is 17.0. The fourth-order valence-corrected chi connectivity index (χ4v) is 3.98. The molecule has 0 spiro atoms. The van der Waals surface area contributed by atoms with Crippen molar-refractivity contribution in [1.82, 2.24) is 14.9 Å². The van der Waals surface area contributed by atoms with Crippen molar-refractivity contribution >= 4 is 17.5 Å². The van der Waals surface area contributed by atoms with Crippen molar-refractivity contribution in [3.63, 3.8) is 0 Å². The van der Waals surface area contributed by atoms with E-state index in [-0.39, 0.29) is 29.8 Å². The standard InChI is InChI=1S/C23H24FN5O2/c24-18-7-8-21(29-11-9-26-15-29)19(12-18)23(31)27-13-16-4-1-2-6-20(16)28-10-3-5-17(14-28)22(25)30/h1-2,4,6-9,11-12,15,17H,3,5,10,13-14H2,(H2,25,30)(H,27,31). The Kier molecular flexibility index (Phi) is 5.97. The van der Waals surface area contributed by atoms with E-state index in [1.807, 2.05) is 24.3 Å². The van der Waals surface area contributed by atoms with E-state index < -0.39 is 5.82 Å². The van der Waals surface area contributed by atoms with Crippen molar-refractivity contribution in [1.29, 1.82) is 0 Å². The number of nitrogens with one attached hydrogen (secondary N) is 1. The van der Waals surface area contributed by atoms with Crippen molar-refractivity contribution in [3.05, 3.63) is 78.1 Å². The van der Waals surface area contributed by atoms with Crippen molar-refractivity contribution in [2.24, 2.45) is 11.7 Å². The molecular formula is C23H24FN5O2. The third kappa shape index (κ3) is 4.58. The van der Waals surface area contributed by atoms with Crippen molar-refractivity contribution in [2.75, 3.05) is 18.0 Å². The first-order valence-corrected chi connectivity index (χ1v) is 10.2. The fourth-order valence-electron chi connectivity index (χ4n) is 3.98. The first-order valence-electron chi connectivity index (χ1n) is 10.2. The number of carbonyl (C=O) groups excluding carboxylic acids is 2. The second-order valence-electron chi connectivity index (χ2n) is 7.63. The van der Waals surface area contributed by atoms with Crippen LogP contribution in [-0.4, -0.2) is 34.5 Å². The van der Waals surface area contributed by atoms with Gasteiger partial charge in [-0.25, -0.2) is 9.37 Å². The highest BCUT2D eigenvalue weighted by Gasteiger charge is 2.25. The molecule has 1 saturated heterocycles. The first kappa shape index (κ1) is 20.6. The average Bonchev–Trinajstić information content (AvgIpc) is 3.32. The Morgan fingerprint density at radius 3 is 2.81 bits per heavy atom. The molecule has 1 unspecified atom stereocenters. The van der Waals surface area contributed by atoms with Gasteiger partial charge in [-0.15, -0.1) is 0 Å². The molecule has 1 aliphatic rings. The molecule has 4 rings (SSSR count). The van der Waals surface area contributed by atoms with Crippen molar-refractivity contribution in [3.8, 4) is 5.69 Å². The lowest BCUT2D eigenvalue weighted by Gasteiger charge is -2.34. The van der Waals surface area contributed by atoms with Crippen LogP contribution in [0.25, 0.3) is 5.69 Å². The SMILES string of the molecule is NC(=O)C1CCCN(c2ccccc2CNC(=O)c2cc(F)ccc2-n2ccnc2)C1. The lowest BCUT2D eigenvalue weighted by atomic mass is 9.96. The maximum Gasteiger partial charge on any atom is 0.253 e. The highest BCUT2D eigenvalue weighted by atomic mass is 19.1. The number of carbonyl (C=O) groups is 2. The molecule has 3 N–H and O–H groups in total. The highest BCUT2D eigenvalue weighted by molar-refractivity contribution is 5.97. The minimum Gasteiger partial charge on any atom is -0.370 e. The van der Waals surface area contributed by atoms with E-state index in [0.717, 1.165) is 30.6 Å². The first-order chi connectivity index (χ1) is 15.0. The summed E-state index contributed by atoms with van der Waals surface area (Å²) in [6.45, 7) is 1.66. The number of benzene rings is 2. The Morgan fingerprint density at radius 1 is 1.19 bits per heavy atom. The molecule has 2 aromatic carbocycles. The molecule has 7 nitrogen and oxygen atoms in total. The third-order valence-electron chi connectivity index (χ3n) is 5.58. The molecule has 160 valence electrons. The number of nitrogens with zero attached hydrogens (tertiary/aromatic N) is 3. The number of aromatic nitrogens is 2. The molecule has 1 fully saturated rings. The minimum atomic E-state index is -0.486. The van der Waals surface area contributed by atoms with Gasteiger partial charge in [-0.05, 0) is 42.7 Å². The number of amides is 2. The zero-order chi connectivity index (χ0) is 21.8. The van der Waals surface area contributed by atoms with Crippen molar-refractivity contribution < 1.29 is 14.0 Å². The lowest BCUT2D eigenvalue weighted by molar-refractivity contribution is -0.122. The maximum absolute atomic E-state index is 13.9. The van der Waals surface area contributed by atoms with Crippen LogP contribution in [0, 0.1) is 11.7 Å². The summed E-state index contributed by atoms with van der Waals surface area (Å²) in [5.74, 6) is -1.33. The van der Waals surface area contributed by atoms with Crippen LogP contribution < -0.4 is 16.0 Å². The highest BCUT2D eigenvalue weighted by Crippen LogP contribution is 2.26. The molecule has 0 saturated carbocycles. The molecule has 31 heavy (non-hydrogen) atoms.